The van der Waals surface area contributed by atoms with Crippen molar-refractivity contribution in [3.63, 3.8) is 0 Å². The highest BCUT2D eigenvalue weighted by molar-refractivity contribution is 7.93. The molecule has 0 amide bonds. The lowest BCUT2D eigenvalue weighted by Gasteiger charge is -2.60. The molecule has 8 atom stereocenters. The van der Waals surface area contributed by atoms with Crippen molar-refractivity contribution >= 4 is 33.1 Å². The Kier molecular flexibility index (Phi) is 7.26. The average Bonchev–Trinajstić information content (AvgIpc) is 3.16. The number of anilines is 2. The highest BCUT2D eigenvalue weighted by Crippen LogP contribution is 2.60. The van der Waals surface area contributed by atoms with Gasteiger partial charge in [-0.25, -0.2) is 22.5 Å². The van der Waals surface area contributed by atoms with Crippen LogP contribution in [0.3, 0.4) is 0 Å². The van der Waals surface area contributed by atoms with Crippen molar-refractivity contribution in [2.24, 2.45) is 23.7 Å². The molecule has 11 nitrogen and oxygen atoms in total. The first-order valence-corrected chi connectivity index (χ1v) is 15.6. The van der Waals surface area contributed by atoms with E-state index in [1.54, 1.807) is 12.1 Å². The smallest absolute Gasteiger partial charge is 0.267 e. The monoisotopic (exact) mass is 594 g/mol. The van der Waals surface area contributed by atoms with Crippen molar-refractivity contribution in [2.75, 3.05) is 23.2 Å². The third-order valence-corrected chi connectivity index (χ3v) is 11.1. The standard InChI is InChI=1S/C27H35ClN4O7S/c1-16-8-9-19-17(2)24(36-25-27(19)18(16)12-13-26(3,37-25)38-39-27)35-15-14-32(23-11-10-22(28)30-31-23)40(33,34)21-7-5-4-6-20(21)29/h4-7,10-11,16-19,24-25H,8-9,12-15,29H2,1-3H3/t16-,17-,18?,19+,24+,25-,26-,27-/m1/s1. The summed E-state index contributed by atoms with van der Waals surface area (Å²) in [5.41, 5.74) is 5.46. The van der Waals surface area contributed by atoms with E-state index >= 15 is 0 Å². The molecular weight excluding hydrogens is 560 g/mol. The molecule has 2 aromatic rings. The number of hydrogen-bond acceptors (Lipinski definition) is 10. The zero-order valence-electron chi connectivity index (χ0n) is 22.7. The fourth-order valence-electron chi connectivity index (χ4n) is 6.95. The van der Waals surface area contributed by atoms with Crippen LogP contribution in [-0.2, 0) is 34.0 Å². The lowest BCUT2D eigenvalue weighted by molar-refractivity contribution is -0.577. The van der Waals surface area contributed by atoms with Crippen molar-refractivity contribution in [1.82, 2.24) is 10.2 Å². The molecule has 0 radical (unpaired) electrons. The Morgan fingerprint density at radius 2 is 1.90 bits per heavy atom. The van der Waals surface area contributed by atoms with Crippen LogP contribution in [-0.4, -0.2) is 55.7 Å². The molecule has 1 aromatic carbocycles. The zero-order chi connectivity index (χ0) is 28.3. The van der Waals surface area contributed by atoms with E-state index in [0.29, 0.717) is 12.3 Å². The average molecular weight is 595 g/mol. The second-order valence-electron chi connectivity index (χ2n) is 11.5. The number of sulfonamides is 1. The molecule has 4 aliphatic heterocycles. The number of hydrogen-bond donors (Lipinski definition) is 1. The van der Waals surface area contributed by atoms with Crippen LogP contribution in [0, 0.1) is 23.7 Å². The zero-order valence-corrected chi connectivity index (χ0v) is 24.3. The molecule has 1 spiro atoms. The van der Waals surface area contributed by atoms with Crippen LogP contribution < -0.4 is 10.0 Å². The Balaban J connectivity index is 1.24. The molecular formula is C27H35ClN4O7S. The molecule has 40 heavy (non-hydrogen) atoms. The van der Waals surface area contributed by atoms with Gasteiger partial charge in [-0.2, -0.15) is 0 Å². The van der Waals surface area contributed by atoms with Gasteiger partial charge in [-0.15, -0.1) is 10.2 Å². The van der Waals surface area contributed by atoms with E-state index in [4.69, 9.17) is 41.3 Å². The van der Waals surface area contributed by atoms with E-state index in [0.717, 1.165) is 23.6 Å². The molecule has 7 rings (SSSR count). The van der Waals surface area contributed by atoms with Crippen LogP contribution in [0.4, 0.5) is 11.5 Å². The van der Waals surface area contributed by atoms with Gasteiger partial charge in [-0.3, -0.25) is 0 Å². The maximum Gasteiger partial charge on any atom is 0.267 e. The quantitative estimate of drug-likeness (QED) is 0.368. The van der Waals surface area contributed by atoms with Crippen LogP contribution in [0.1, 0.15) is 46.5 Å². The third-order valence-electron chi connectivity index (χ3n) is 9.03. The SMILES string of the molecule is C[C@H]1[C@@H](OCCN(c2ccc(Cl)nn2)S(=O)(=O)c2ccccc2N)O[C@@H]2O[C@@]3(C)CCC4[C@H](C)CC[C@@H]1[C@]42OO3. The Morgan fingerprint density at radius 1 is 1.10 bits per heavy atom. The van der Waals surface area contributed by atoms with Crippen LogP contribution in [0.2, 0.25) is 5.15 Å². The van der Waals surface area contributed by atoms with Gasteiger partial charge in [0.15, 0.2) is 29.2 Å². The van der Waals surface area contributed by atoms with Gasteiger partial charge in [-0.05, 0) is 62.3 Å². The number of nitrogens with two attached hydrogens (primary N) is 1. The fraction of sp³-hybridized carbons (Fsp3) is 0.630. The van der Waals surface area contributed by atoms with E-state index in [2.05, 4.69) is 24.0 Å². The normalized spacial score (nSPS) is 37.0. The van der Waals surface area contributed by atoms with Gasteiger partial charge >= 0.3 is 0 Å². The number of nitrogen functional groups attached to an aromatic ring is 1. The van der Waals surface area contributed by atoms with Gasteiger partial charge in [0.05, 0.1) is 18.8 Å². The van der Waals surface area contributed by atoms with E-state index in [-0.39, 0.29) is 52.5 Å². The number of benzene rings is 1. The topological polar surface area (TPSA) is 135 Å². The van der Waals surface area contributed by atoms with Crippen LogP contribution >= 0.6 is 11.6 Å². The van der Waals surface area contributed by atoms with Crippen molar-refractivity contribution < 1.29 is 32.4 Å². The highest BCUT2D eigenvalue weighted by atomic mass is 35.5. The summed E-state index contributed by atoms with van der Waals surface area (Å²) in [5.74, 6) is -0.0676. The lowest BCUT2D eigenvalue weighted by Crippen LogP contribution is -2.70. The number of para-hydroxylation sites is 1. The molecule has 13 heteroatoms. The minimum atomic E-state index is -4.09. The number of halogens is 1. The summed E-state index contributed by atoms with van der Waals surface area (Å²) < 4.78 is 47.7. The third kappa shape index (κ3) is 4.57. The number of aromatic nitrogens is 2. The van der Waals surface area contributed by atoms with Crippen molar-refractivity contribution in [1.29, 1.82) is 0 Å². The highest BCUT2D eigenvalue weighted by Gasteiger charge is 2.69. The lowest BCUT2D eigenvalue weighted by atomic mass is 9.58. The molecule has 5 heterocycles. The van der Waals surface area contributed by atoms with Gasteiger partial charge in [0.25, 0.3) is 10.0 Å². The van der Waals surface area contributed by atoms with Gasteiger partial charge in [-0.1, -0.05) is 37.6 Å². The van der Waals surface area contributed by atoms with Crippen LogP contribution in [0.5, 0.6) is 0 Å². The molecule has 2 bridgehead atoms. The van der Waals surface area contributed by atoms with Gasteiger partial charge < -0.3 is 19.9 Å². The fourth-order valence-corrected chi connectivity index (χ4v) is 8.56. The number of rotatable bonds is 7. The molecule has 5 fully saturated rings. The largest absolute Gasteiger partial charge is 0.398 e. The summed E-state index contributed by atoms with van der Waals surface area (Å²) >= 11 is 5.92. The molecule has 2 N–H and O–H groups in total. The molecule has 1 aromatic heterocycles. The van der Waals surface area contributed by atoms with Crippen LogP contribution in [0.25, 0.3) is 0 Å². The van der Waals surface area contributed by atoms with E-state index < -0.39 is 34.0 Å². The second-order valence-corrected chi connectivity index (χ2v) is 13.7. The summed E-state index contributed by atoms with van der Waals surface area (Å²) in [5, 5.41) is 7.99. The second kappa shape index (κ2) is 10.3. The molecule has 1 saturated carbocycles. The Bertz CT molecular complexity index is 1350. The van der Waals surface area contributed by atoms with E-state index in [1.807, 2.05) is 6.92 Å². The Labute approximate surface area is 239 Å². The predicted octanol–water partition coefficient (Wildman–Crippen LogP) is 4.13. The van der Waals surface area contributed by atoms with Gasteiger partial charge in [0, 0.05) is 18.3 Å². The molecule has 218 valence electrons. The summed E-state index contributed by atoms with van der Waals surface area (Å²) in [7, 11) is -4.09. The predicted molar refractivity (Wildman–Crippen MR) is 145 cm³/mol. The van der Waals surface area contributed by atoms with Gasteiger partial charge in [0.2, 0.25) is 5.79 Å². The first-order valence-electron chi connectivity index (χ1n) is 13.7. The number of ether oxygens (including phenoxy) is 3. The van der Waals surface area contributed by atoms with E-state index in [1.165, 1.54) is 24.3 Å². The Morgan fingerprint density at radius 3 is 2.65 bits per heavy atom. The van der Waals surface area contributed by atoms with Crippen molar-refractivity contribution in [3.8, 4) is 0 Å². The molecule has 1 aliphatic carbocycles. The summed E-state index contributed by atoms with van der Waals surface area (Å²) in [6.07, 6.45) is 2.36. The Hall–Kier alpha value is -2.06. The maximum atomic E-state index is 13.7. The first-order chi connectivity index (χ1) is 19.0. The minimum absolute atomic E-state index is 0.0200. The summed E-state index contributed by atoms with van der Waals surface area (Å²) in [6.45, 7) is 6.18. The van der Waals surface area contributed by atoms with Crippen molar-refractivity contribution in [3.05, 3.63) is 41.6 Å². The maximum absolute atomic E-state index is 13.7. The minimum Gasteiger partial charge on any atom is -0.398 e. The van der Waals surface area contributed by atoms with Crippen LogP contribution in [0.15, 0.2) is 41.3 Å². The molecule has 5 aliphatic rings. The molecule has 4 saturated heterocycles. The summed E-state index contributed by atoms with van der Waals surface area (Å²) in [4.78, 5) is 12.0. The molecule has 1 unspecified atom stereocenters. The van der Waals surface area contributed by atoms with Gasteiger partial charge in [0.1, 0.15) is 4.90 Å². The first kappa shape index (κ1) is 28.1. The van der Waals surface area contributed by atoms with Crippen molar-refractivity contribution in [2.45, 2.75) is 75.3 Å². The number of nitrogens with zero attached hydrogens (tertiary/aromatic N) is 3. The summed E-state index contributed by atoms with van der Waals surface area (Å²) in [6, 6.07) is 9.25. The number of fused-ring (bicyclic) bond motifs is 2. The van der Waals surface area contributed by atoms with E-state index in [9.17, 15) is 8.42 Å².